The first-order valence-corrected chi connectivity index (χ1v) is 9.10. The Labute approximate surface area is 125 Å². The molecule has 1 aliphatic rings. The predicted molar refractivity (Wildman–Crippen MR) is 91.8 cm³/mol. The predicted octanol–water partition coefficient (Wildman–Crippen LogP) is 4.11. The van der Waals surface area contributed by atoms with Crippen LogP contribution >= 0.6 is 20.7 Å². The van der Waals surface area contributed by atoms with Gasteiger partial charge in [0.15, 0.2) is 0 Å². The van der Waals surface area contributed by atoms with Gasteiger partial charge in [0.2, 0.25) is 0 Å². The monoisotopic (exact) mass is 376 g/mol. The van der Waals surface area contributed by atoms with E-state index in [2.05, 4.69) is 35.2 Å². The Morgan fingerprint density at radius 2 is 2.32 bits per heavy atom. The molecule has 0 aromatic heterocycles. The van der Waals surface area contributed by atoms with Crippen LogP contribution in [0.5, 0.6) is 0 Å². The van der Waals surface area contributed by atoms with Crippen LogP contribution in [0, 0.1) is 0 Å². The van der Waals surface area contributed by atoms with Gasteiger partial charge in [0.25, 0.3) is 6.02 Å². The third-order valence-corrected chi connectivity index (χ3v) is 4.11. The highest BCUT2D eigenvalue weighted by atomic mass is 127. The second kappa shape index (κ2) is 9.25. The molecule has 1 aliphatic heterocycles. The van der Waals surface area contributed by atoms with Gasteiger partial charge < -0.3 is 15.8 Å². The number of hydrogen-bond acceptors (Lipinski definition) is 3. The molecule has 0 fully saturated rings. The zero-order valence-electron chi connectivity index (χ0n) is 11.9. The van der Waals surface area contributed by atoms with E-state index in [4.69, 9.17) is 10.5 Å². The minimum absolute atomic E-state index is 0.337. The molecule has 0 radical (unpaired) electrons. The molecule has 19 heavy (non-hydrogen) atoms. The number of rotatable bonds is 6. The lowest BCUT2D eigenvalue weighted by Gasteiger charge is -2.15. The van der Waals surface area contributed by atoms with Crippen molar-refractivity contribution in [1.82, 2.24) is 5.32 Å². The lowest BCUT2D eigenvalue weighted by molar-refractivity contribution is 0.335. The summed E-state index contributed by atoms with van der Waals surface area (Å²) < 4.78 is 9.09. The number of halogens is 1. The maximum atomic E-state index is 7.24. The number of hydrogen-bond donors (Lipinski definition) is 1. The van der Waals surface area contributed by atoms with Gasteiger partial charge in [-0.3, -0.25) is 0 Å². The summed E-state index contributed by atoms with van der Waals surface area (Å²) in [5, 5.41) is 3.30. The van der Waals surface area contributed by atoms with Crippen LogP contribution < -0.4 is 5.32 Å². The summed E-state index contributed by atoms with van der Waals surface area (Å²) in [5.41, 5.74) is 11.0. The zero-order valence-corrected chi connectivity index (χ0v) is 14.1. The minimum atomic E-state index is -0.337. The molecule has 0 unspecified atom stereocenters. The van der Waals surface area contributed by atoms with E-state index in [0.717, 1.165) is 18.7 Å². The van der Waals surface area contributed by atoms with Crippen molar-refractivity contribution < 1.29 is 4.74 Å². The molecule has 0 aliphatic carbocycles. The number of aliphatic imine (C=N–C) groups is 1. The van der Waals surface area contributed by atoms with Crippen molar-refractivity contribution in [2.75, 3.05) is 13.2 Å². The summed E-state index contributed by atoms with van der Waals surface area (Å²) in [6.07, 6.45) is 3.42. The number of nitrogens with zero attached hydrogens (tertiary/aromatic N) is 1. The van der Waals surface area contributed by atoms with Crippen molar-refractivity contribution >= 4 is 30.9 Å². The number of ether oxygens (including phenoxy) is 1. The van der Waals surface area contributed by atoms with Gasteiger partial charge in [-0.05, 0) is 36.3 Å². The number of allylic oxidation sites excluding steroid dienone is 2. The maximum Gasteiger partial charge on any atom is 0.289 e. The van der Waals surface area contributed by atoms with Crippen molar-refractivity contribution in [2.24, 2.45) is 4.99 Å². The van der Waals surface area contributed by atoms with Gasteiger partial charge in [-0.25, -0.2) is 4.99 Å². The molecule has 0 spiro atoms. The molecule has 0 aromatic rings. The zero-order chi connectivity index (χ0) is 14.1. The molecular weight excluding hydrogens is 353 g/mol. The van der Waals surface area contributed by atoms with Gasteiger partial charge in [0.1, 0.15) is 6.61 Å². The standard InChI is InChI=1S/C14H23IN3O/c1-4-5-6-12(11(2)3)13(9-15-10-16)18-14-17-7-8-19-14/h9-10,16H,4-8H2,1-3H3,(H,17,18)/q-1/b13-9+. The fraction of sp³-hybridized carbons (Fsp3) is 0.571. The van der Waals surface area contributed by atoms with Crippen molar-refractivity contribution in [3.05, 3.63) is 26.7 Å². The van der Waals surface area contributed by atoms with Crippen molar-refractivity contribution in [3.8, 4) is 0 Å². The average Bonchev–Trinajstić information content (AvgIpc) is 2.88. The highest BCUT2D eigenvalue weighted by molar-refractivity contribution is 14.2. The highest BCUT2D eigenvalue weighted by Crippen LogP contribution is 2.22. The first-order chi connectivity index (χ1) is 9.19. The van der Waals surface area contributed by atoms with E-state index in [1.54, 1.807) is 0 Å². The van der Waals surface area contributed by atoms with Crippen molar-refractivity contribution in [3.63, 3.8) is 0 Å². The summed E-state index contributed by atoms with van der Waals surface area (Å²) in [6, 6.07) is 0.621. The summed E-state index contributed by atoms with van der Waals surface area (Å²) >= 11 is -0.337. The molecule has 0 bridgehead atoms. The van der Waals surface area contributed by atoms with Crippen LogP contribution in [0.4, 0.5) is 0 Å². The molecule has 0 amide bonds. The Bertz CT molecular complexity index is 407. The van der Waals surface area contributed by atoms with Gasteiger partial charge in [-0.15, -0.1) is 20.7 Å². The number of nitrogens with one attached hydrogen (secondary N) is 2. The third kappa shape index (κ3) is 5.86. The van der Waals surface area contributed by atoms with E-state index in [1.807, 2.05) is 0 Å². The maximum absolute atomic E-state index is 7.24. The third-order valence-electron chi connectivity index (χ3n) is 2.77. The van der Waals surface area contributed by atoms with Gasteiger partial charge >= 0.3 is 0 Å². The van der Waals surface area contributed by atoms with Gasteiger partial charge in [0, 0.05) is 0 Å². The molecule has 5 heteroatoms. The summed E-state index contributed by atoms with van der Waals surface area (Å²) in [5.74, 6) is 0. The number of amidine groups is 1. The smallest absolute Gasteiger partial charge is 0.289 e. The van der Waals surface area contributed by atoms with E-state index in [1.165, 1.54) is 28.1 Å². The molecule has 0 atom stereocenters. The van der Waals surface area contributed by atoms with Crippen molar-refractivity contribution in [2.45, 2.75) is 40.0 Å². The summed E-state index contributed by atoms with van der Waals surface area (Å²) in [6.45, 7) is 7.87. The molecule has 4 nitrogen and oxygen atoms in total. The molecular formula is C14H23IN3O-. The van der Waals surface area contributed by atoms with Crippen molar-refractivity contribution in [1.29, 1.82) is 0 Å². The average molecular weight is 376 g/mol. The Balaban J connectivity index is 2.90. The largest absolute Gasteiger partial charge is 0.651 e. The van der Waals surface area contributed by atoms with Crippen LogP contribution in [0.25, 0.3) is 5.73 Å². The van der Waals surface area contributed by atoms with Gasteiger partial charge in [-0.1, -0.05) is 18.9 Å². The SMILES string of the molecule is CCCCC(=C(C)C)/C(=C\I=C[NH-])NC1=NCCO1. The Kier molecular flexibility index (Phi) is 7.97. The first-order valence-electron chi connectivity index (χ1n) is 6.61. The van der Waals surface area contributed by atoms with E-state index in [0.29, 0.717) is 12.6 Å². The van der Waals surface area contributed by atoms with Crippen LogP contribution in [0.1, 0.15) is 40.0 Å². The molecule has 0 saturated heterocycles. The van der Waals surface area contributed by atoms with E-state index in [-0.39, 0.29) is 20.7 Å². The van der Waals surface area contributed by atoms with Crippen LogP contribution in [-0.2, 0) is 4.74 Å². The summed E-state index contributed by atoms with van der Waals surface area (Å²) in [7, 11) is 0. The van der Waals surface area contributed by atoms with E-state index in [9.17, 15) is 0 Å². The van der Waals surface area contributed by atoms with Crippen LogP contribution in [0.3, 0.4) is 0 Å². The fourth-order valence-corrected chi connectivity index (χ4v) is 2.87. The molecule has 1 heterocycles. The topological polar surface area (TPSA) is 57.4 Å². The van der Waals surface area contributed by atoms with Gasteiger partial charge in [-0.2, -0.15) is 4.14 Å². The lowest BCUT2D eigenvalue weighted by Crippen LogP contribution is -2.24. The molecule has 1 rings (SSSR count). The lowest BCUT2D eigenvalue weighted by atomic mass is 10.0. The highest BCUT2D eigenvalue weighted by Gasteiger charge is 2.12. The normalized spacial score (nSPS) is 15.8. The number of unbranched alkanes of at least 4 members (excludes halogenated alkanes) is 1. The Morgan fingerprint density at radius 3 is 2.84 bits per heavy atom. The second-order valence-corrected chi connectivity index (χ2v) is 6.47. The Morgan fingerprint density at radius 1 is 1.53 bits per heavy atom. The molecule has 0 aromatic carbocycles. The second-order valence-electron chi connectivity index (χ2n) is 4.50. The van der Waals surface area contributed by atoms with E-state index < -0.39 is 0 Å². The van der Waals surface area contributed by atoms with Crippen LogP contribution in [0.2, 0.25) is 0 Å². The summed E-state index contributed by atoms with van der Waals surface area (Å²) in [4.78, 5) is 4.28. The van der Waals surface area contributed by atoms with Crippen LogP contribution in [-0.4, -0.2) is 23.3 Å². The fourth-order valence-electron chi connectivity index (χ4n) is 1.80. The quantitative estimate of drug-likeness (QED) is 0.560. The minimum Gasteiger partial charge on any atom is -0.651 e. The van der Waals surface area contributed by atoms with E-state index >= 15 is 0 Å². The first kappa shape index (κ1) is 16.4. The molecule has 2 N–H and O–H groups in total. The van der Waals surface area contributed by atoms with Crippen LogP contribution in [0.15, 0.2) is 25.9 Å². The molecule has 108 valence electrons. The molecule has 0 saturated carbocycles. The van der Waals surface area contributed by atoms with Gasteiger partial charge in [0.05, 0.1) is 12.2 Å². The Hall–Kier alpha value is -0.690.